The molecular weight excluding hydrogens is 720 g/mol. The van der Waals surface area contributed by atoms with Crippen molar-refractivity contribution < 1.29 is 0 Å². The molecule has 45 heavy (non-hydrogen) atoms. The van der Waals surface area contributed by atoms with Crippen molar-refractivity contribution in [2.24, 2.45) is 5.92 Å². The van der Waals surface area contributed by atoms with Gasteiger partial charge in [-0.25, -0.2) is 0 Å². The predicted octanol–water partition coefficient (Wildman–Crippen LogP) is 15.3. The first-order chi connectivity index (χ1) is 21.7. The van der Waals surface area contributed by atoms with Crippen LogP contribution in [0.25, 0.3) is 0 Å². The molecule has 267 valence electrons. The third-order valence-electron chi connectivity index (χ3n) is 11.2. The van der Waals surface area contributed by atoms with Crippen molar-refractivity contribution in [2.75, 3.05) is 6.16 Å². The molecular formula is C40H84P3SiSn. The van der Waals surface area contributed by atoms with E-state index in [4.69, 9.17) is 0 Å². The first-order valence-electron chi connectivity index (χ1n) is 20.7. The summed E-state index contributed by atoms with van der Waals surface area (Å²) in [5, 5.41) is 0. The van der Waals surface area contributed by atoms with Gasteiger partial charge < -0.3 is 0 Å². The molecule has 1 atom stereocenters. The van der Waals surface area contributed by atoms with Gasteiger partial charge in [0.15, 0.2) is 0 Å². The quantitative estimate of drug-likeness (QED) is 0.124. The molecule has 5 saturated carbocycles. The van der Waals surface area contributed by atoms with Gasteiger partial charge in [0.2, 0.25) is 0 Å². The minimum atomic E-state index is -0.897. The Morgan fingerprint density at radius 2 is 0.867 bits per heavy atom. The second-order valence-electron chi connectivity index (χ2n) is 17.3. The summed E-state index contributed by atoms with van der Waals surface area (Å²) in [6.45, 7) is 8.01. The van der Waals surface area contributed by atoms with Crippen LogP contribution in [-0.4, -0.2) is 56.3 Å². The molecule has 1 unspecified atom stereocenters. The van der Waals surface area contributed by atoms with Gasteiger partial charge in [0.05, 0.1) is 7.74 Å². The van der Waals surface area contributed by atoms with E-state index < -0.39 is 27.5 Å². The van der Waals surface area contributed by atoms with E-state index >= 15 is 0 Å². The molecule has 0 aromatic rings. The molecule has 0 nitrogen and oxygen atoms in total. The van der Waals surface area contributed by atoms with E-state index in [0.29, 0.717) is 7.47 Å². The van der Waals surface area contributed by atoms with E-state index in [1.807, 2.05) is 0 Å². The summed E-state index contributed by atoms with van der Waals surface area (Å²) < 4.78 is 0. The van der Waals surface area contributed by atoms with Crippen LogP contribution < -0.4 is 0 Å². The average Bonchev–Trinajstić information content (AvgIpc) is 3.04. The summed E-state index contributed by atoms with van der Waals surface area (Å²) >= 11 is -0.543. The topological polar surface area (TPSA) is 0 Å². The molecule has 0 N–H and O–H groups in total. The van der Waals surface area contributed by atoms with Crippen molar-refractivity contribution in [3.05, 3.63) is 0 Å². The van der Waals surface area contributed by atoms with Gasteiger partial charge in [-0.1, -0.05) is 142 Å². The van der Waals surface area contributed by atoms with E-state index in [1.54, 1.807) is 77.0 Å². The van der Waals surface area contributed by atoms with Crippen LogP contribution in [0.4, 0.5) is 0 Å². The van der Waals surface area contributed by atoms with E-state index in [0.717, 1.165) is 17.2 Å². The van der Waals surface area contributed by atoms with Crippen LogP contribution in [0.3, 0.4) is 0 Å². The van der Waals surface area contributed by atoms with Gasteiger partial charge in [0.25, 0.3) is 0 Å². The molecule has 0 heterocycles. The van der Waals surface area contributed by atoms with Crippen LogP contribution >= 0.6 is 25.3 Å². The van der Waals surface area contributed by atoms with Crippen LogP contribution in [0.2, 0.25) is 34.5 Å². The zero-order valence-corrected chi connectivity index (χ0v) is 38.8. The van der Waals surface area contributed by atoms with Crippen molar-refractivity contribution in [3.8, 4) is 0 Å². The molecule has 0 saturated heterocycles. The third kappa shape index (κ3) is 21.3. The monoisotopic (exact) mass is 805 g/mol. The van der Waals surface area contributed by atoms with E-state index in [9.17, 15) is 0 Å². The Balaban J connectivity index is 0.000000226. The summed E-state index contributed by atoms with van der Waals surface area (Å²) in [6, 6.07) is 0. The maximum atomic E-state index is 2.82. The van der Waals surface area contributed by atoms with Gasteiger partial charge in [0, 0.05) is 0 Å². The standard InChI is InChI=1S/C15H31PSi.C12H23P.C10H21P.3CH3.Sn/c1-17(2,3)16(14-10-6-4-7-11-14)15-12-8-5-9-13-15;1-3-7-11(8-4-1)13-12-9-5-2-6-10-12;11-9-5-4-8-10-6-2-1-3-7-10;;;;/h14-15H,4-13H2,1-3H3;11-13H,1-10H2;10H,1-9,11H2;3*1H3;. The molecule has 5 aliphatic rings. The Morgan fingerprint density at radius 3 is 1.20 bits per heavy atom. The Hall–Kier alpha value is 2.31. The Bertz CT molecular complexity index is 616. The summed E-state index contributed by atoms with van der Waals surface area (Å²) in [4.78, 5) is 7.09. The zero-order valence-electron chi connectivity index (χ0n) is 31.9. The molecule has 0 spiro atoms. The minimum absolute atomic E-state index is 0.401. The summed E-state index contributed by atoms with van der Waals surface area (Å²) in [6.07, 6.45) is 44.3. The summed E-state index contributed by atoms with van der Waals surface area (Å²) in [7, 11) is 3.65. The third-order valence-corrected chi connectivity index (χ3v) is 24.7. The van der Waals surface area contributed by atoms with Crippen LogP contribution in [0.1, 0.15) is 180 Å². The molecule has 5 heteroatoms. The van der Waals surface area contributed by atoms with Crippen molar-refractivity contribution in [1.29, 1.82) is 0 Å². The molecule has 0 bridgehead atoms. The molecule has 0 aromatic carbocycles. The molecule has 0 aliphatic heterocycles. The average molecular weight is 805 g/mol. The molecule has 5 fully saturated rings. The predicted molar refractivity (Wildman–Crippen MR) is 224 cm³/mol. The Labute approximate surface area is 299 Å². The van der Waals surface area contributed by atoms with Crippen LogP contribution in [-0.2, 0) is 0 Å². The number of rotatable bonds is 9. The van der Waals surface area contributed by atoms with Crippen molar-refractivity contribution >= 4 is 52.8 Å². The van der Waals surface area contributed by atoms with Crippen molar-refractivity contribution in [2.45, 2.75) is 237 Å². The maximum absolute atomic E-state index is 2.82. The SMILES string of the molecule is C1CCC(PC2CCCCC2)CC1.C[Si](C)(C)P(C1CCCCC1)C1CCCCC1.PCCCCC1CCCCC1.[CH3][Sn]([CH3])[CH3]. The Morgan fingerprint density at radius 1 is 0.533 bits per heavy atom. The molecule has 0 amide bonds. The first-order valence-corrected chi connectivity index (χ1v) is 37.1. The summed E-state index contributed by atoms with van der Waals surface area (Å²) in [5.41, 5.74) is 4.65. The van der Waals surface area contributed by atoms with Crippen LogP contribution in [0, 0.1) is 5.92 Å². The normalized spacial score (nSPS) is 23.4. The second kappa shape index (κ2) is 27.0. The Kier molecular flexibility index (Phi) is 26.1. The van der Waals surface area contributed by atoms with Gasteiger partial charge >= 0.3 is 34.6 Å². The van der Waals surface area contributed by atoms with Gasteiger partial charge in [-0.05, 0) is 92.5 Å². The van der Waals surface area contributed by atoms with E-state index in [-0.39, 0.29) is 0 Å². The van der Waals surface area contributed by atoms with Crippen molar-refractivity contribution in [3.63, 3.8) is 0 Å². The fourth-order valence-corrected chi connectivity index (χ4v) is 24.2. The fourth-order valence-electron chi connectivity index (χ4n) is 9.04. The molecule has 5 rings (SSSR count). The van der Waals surface area contributed by atoms with Gasteiger partial charge in [0.1, 0.15) is 0 Å². The fraction of sp³-hybridized carbons (Fsp3) is 1.00. The van der Waals surface area contributed by atoms with Gasteiger partial charge in [-0.15, -0.1) is 25.3 Å². The van der Waals surface area contributed by atoms with Crippen molar-refractivity contribution in [1.82, 2.24) is 0 Å². The second-order valence-corrected chi connectivity index (χ2v) is 40.6. The first kappa shape index (κ1) is 43.5. The molecule has 5 aliphatic carbocycles. The number of hydrogen-bond acceptors (Lipinski definition) is 0. The van der Waals surface area contributed by atoms with Crippen LogP contribution in [0.15, 0.2) is 0 Å². The number of unbranched alkanes of at least 4 members (excludes halogenated alkanes) is 1. The zero-order chi connectivity index (χ0) is 32.8. The summed E-state index contributed by atoms with van der Waals surface area (Å²) in [5.74, 6) is 1.10. The van der Waals surface area contributed by atoms with Gasteiger partial charge in [-0.3, -0.25) is 0 Å². The van der Waals surface area contributed by atoms with Gasteiger partial charge in [-0.2, -0.15) is 0 Å². The molecule has 0 aromatic heterocycles. The van der Waals surface area contributed by atoms with Crippen LogP contribution in [0.5, 0.6) is 0 Å². The van der Waals surface area contributed by atoms with E-state index in [2.05, 4.69) is 43.7 Å². The number of hydrogen-bond donors (Lipinski definition) is 0. The molecule has 1 radical (unpaired) electrons. The van der Waals surface area contributed by atoms with E-state index in [1.165, 1.54) is 129 Å².